The molecule has 106 valence electrons. The molecule has 1 aliphatic carbocycles. The Morgan fingerprint density at radius 3 is 2.47 bits per heavy atom. The van der Waals surface area contributed by atoms with Crippen LogP contribution in [0.5, 0.6) is 5.75 Å². The zero-order valence-corrected chi connectivity index (χ0v) is 14.7. The molecule has 1 fully saturated rings. The molecular formula is C15H21Br2NO. The summed E-state index contributed by atoms with van der Waals surface area (Å²) in [5, 5.41) is 3.59. The van der Waals surface area contributed by atoms with Crippen molar-refractivity contribution < 1.29 is 4.74 Å². The second-order valence-corrected chi connectivity index (χ2v) is 6.99. The zero-order valence-electron chi connectivity index (χ0n) is 11.5. The highest BCUT2D eigenvalue weighted by Gasteiger charge is 2.23. The highest BCUT2D eigenvalue weighted by atomic mass is 79.9. The lowest BCUT2D eigenvalue weighted by Gasteiger charge is -2.15. The van der Waals surface area contributed by atoms with Crippen molar-refractivity contribution in [1.82, 2.24) is 5.32 Å². The van der Waals surface area contributed by atoms with Gasteiger partial charge in [-0.25, -0.2) is 0 Å². The Morgan fingerprint density at radius 2 is 1.95 bits per heavy atom. The summed E-state index contributed by atoms with van der Waals surface area (Å²) in [6.45, 7) is 5.84. The molecule has 1 aromatic carbocycles. The minimum Gasteiger partial charge on any atom is -0.492 e. The highest BCUT2D eigenvalue weighted by molar-refractivity contribution is 9.11. The van der Waals surface area contributed by atoms with Gasteiger partial charge in [0.05, 0.1) is 15.6 Å². The smallest absolute Gasteiger partial charge is 0.147 e. The number of rotatable bonds is 7. The third-order valence-electron chi connectivity index (χ3n) is 3.39. The molecule has 0 aliphatic heterocycles. The molecule has 2 rings (SSSR count). The van der Waals surface area contributed by atoms with E-state index in [2.05, 4.69) is 56.2 Å². The summed E-state index contributed by atoms with van der Waals surface area (Å²) in [6, 6.07) is 4.86. The van der Waals surface area contributed by atoms with Crippen molar-refractivity contribution in [3.8, 4) is 5.75 Å². The van der Waals surface area contributed by atoms with Crippen LogP contribution in [0, 0.1) is 5.92 Å². The lowest BCUT2D eigenvalue weighted by Crippen LogP contribution is -2.25. The van der Waals surface area contributed by atoms with Gasteiger partial charge in [0.2, 0.25) is 0 Å². The van der Waals surface area contributed by atoms with Crippen molar-refractivity contribution in [3.05, 3.63) is 26.6 Å². The fourth-order valence-corrected chi connectivity index (χ4v) is 3.74. The van der Waals surface area contributed by atoms with E-state index in [-0.39, 0.29) is 0 Å². The molecular weight excluding hydrogens is 370 g/mol. The number of benzene rings is 1. The minimum atomic E-state index is 0.594. The van der Waals surface area contributed by atoms with Crippen LogP contribution in [0.2, 0.25) is 0 Å². The van der Waals surface area contributed by atoms with Crippen LogP contribution in [0.15, 0.2) is 21.1 Å². The largest absolute Gasteiger partial charge is 0.492 e. The molecule has 4 heteroatoms. The van der Waals surface area contributed by atoms with Crippen molar-refractivity contribution >= 4 is 31.9 Å². The van der Waals surface area contributed by atoms with Crippen LogP contribution in [-0.4, -0.2) is 12.6 Å². The number of ether oxygens (including phenoxy) is 1. The number of hydrogen-bond acceptors (Lipinski definition) is 2. The predicted molar refractivity (Wildman–Crippen MR) is 86.7 cm³/mol. The average molecular weight is 391 g/mol. The first-order valence-corrected chi connectivity index (χ1v) is 8.52. The fourth-order valence-electron chi connectivity index (χ4n) is 2.23. The molecule has 1 aromatic rings. The molecule has 0 bridgehead atoms. The van der Waals surface area contributed by atoms with Crippen LogP contribution in [0.25, 0.3) is 0 Å². The summed E-state index contributed by atoms with van der Waals surface area (Å²) < 4.78 is 7.61. The van der Waals surface area contributed by atoms with E-state index in [4.69, 9.17) is 4.74 Å². The Balaban J connectivity index is 1.92. The van der Waals surface area contributed by atoms with E-state index in [0.29, 0.717) is 12.6 Å². The molecule has 1 atom stereocenters. The molecule has 1 aliphatic rings. The van der Waals surface area contributed by atoms with E-state index in [1.165, 1.54) is 24.8 Å². The first-order valence-electron chi connectivity index (χ1n) is 6.94. The topological polar surface area (TPSA) is 21.3 Å². The Labute approximate surface area is 132 Å². The predicted octanol–water partition coefficient (Wildman–Crippen LogP) is 4.89. The first-order chi connectivity index (χ1) is 9.10. The molecule has 2 nitrogen and oxygen atoms in total. The second-order valence-electron chi connectivity index (χ2n) is 5.28. The van der Waals surface area contributed by atoms with Gasteiger partial charge in [0.15, 0.2) is 0 Å². The first kappa shape index (κ1) is 15.3. The number of nitrogens with one attached hydrogen (secondary N) is 1. The summed E-state index contributed by atoms with van der Waals surface area (Å²) in [6.07, 6.45) is 4.15. The van der Waals surface area contributed by atoms with Gasteiger partial charge < -0.3 is 10.1 Å². The van der Waals surface area contributed by atoms with Crippen LogP contribution in [0.1, 0.15) is 38.7 Å². The van der Waals surface area contributed by atoms with Gasteiger partial charge in [-0.3, -0.25) is 0 Å². The summed E-state index contributed by atoms with van der Waals surface area (Å²) in [5.41, 5.74) is 1.27. The standard InChI is InChI=1S/C15H21Br2NO/c1-3-19-15-13(16)7-12(8-14(15)17)9-18-10(2)6-11-4-5-11/h7-8,10-11,18H,3-6,9H2,1-2H3. The lowest BCUT2D eigenvalue weighted by atomic mass is 10.1. The van der Waals surface area contributed by atoms with Crippen molar-refractivity contribution in [2.75, 3.05) is 6.61 Å². The maximum Gasteiger partial charge on any atom is 0.147 e. The molecule has 19 heavy (non-hydrogen) atoms. The highest BCUT2D eigenvalue weighted by Crippen LogP contribution is 2.35. The van der Waals surface area contributed by atoms with E-state index in [1.54, 1.807) is 0 Å². The number of halogens is 2. The van der Waals surface area contributed by atoms with E-state index in [9.17, 15) is 0 Å². The van der Waals surface area contributed by atoms with Crippen LogP contribution in [0.3, 0.4) is 0 Å². The molecule has 1 N–H and O–H groups in total. The summed E-state index contributed by atoms with van der Waals surface area (Å²) in [5.74, 6) is 1.86. The average Bonchev–Trinajstić information content (AvgIpc) is 3.15. The van der Waals surface area contributed by atoms with Gasteiger partial charge in [-0.15, -0.1) is 0 Å². The minimum absolute atomic E-state index is 0.594. The van der Waals surface area contributed by atoms with Gasteiger partial charge in [-0.2, -0.15) is 0 Å². The summed E-state index contributed by atoms with van der Waals surface area (Å²) >= 11 is 7.15. The van der Waals surface area contributed by atoms with Gasteiger partial charge in [0.25, 0.3) is 0 Å². The quantitative estimate of drug-likeness (QED) is 0.715. The Bertz CT molecular complexity index is 409. The van der Waals surface area contributed by atoms with Crippen molar-refractivity contribution in [1.29, 1.82) is 0 Å². The summed E-state index contributed by atoms with van der Waals surface area (Å²) in [7, 11) is 0. The van der Waals surface area contributed by atoms with Crippen LogP contribution in [-0.2, 0) is 6.54 Å². The van der Waals surface area contributed by atoms with Crippen LogP contribution in [0.4, 0.5) is 0 Å². The van der Waals surface area contributed by atoms with Crippen molar-refractivity contribution in [2.24, 2.45) is 5.92 Å². The molecule has 0 amide bonds. The fraction of sp³-hybridized carbons (Fsp3) is 0.600. The Kier molecular flexibility index (Phi) is 5.72. The van der Waals surface area contributed by atoms with Crippen molar-refractivity contribution in [2.45, 2.75) is 45.7 Å². The van der Waals surface area contributed by atoms with Gasteiger partial charge in [0, 0.05) is 12.6 Å². The molecule has 0 radical (unpaired) electrons. The maximum atomic E-state index is 5.59. The van der Waals surface area contributed by atoms with Crippen LogP contribution < -0.4 is 10.1 Å². The van der Waals surface area contributed by atoms with E-state index in [0.717, 1.165) is 27.2 Å². The van der Waals surface area contributed by atoms with Gasteiger partial charge >= 0.3 is 0 Å². The molecule has 1 unspecified atom stereocenters. The van der Waals surface area contributed by atoms with Gasteiger partial charge in [0.1, 0.15) is 5.75 Å². The van der Waals surface area contributed by atoms with E-state index >= 15 is 0 Å². The monoisotopic (exact) mass is 389 g/mol. The van der Waals surface area contributed by atoms with E-state index in [1.807, 2.05) is 6.92 Å². The number of hydrogen-bond donors (Lipinski definition) is 1. The Hall–Kier alpha value is -0.0600. The van der Waals surface area contributed by atoms with Gasteiger partial charge in [-0.05, 0) is 75.7 Å². The zero-order chi connectivity index (χ0) is 13.8. The van der Waals surface area contributed by atoms with Gasteiger partial charge in [-0.1, -0.05) is 12.8 Å². The second kappa shape index (κ2) is 7.09. The Morgan fingerprint density at radius 1 is 1.32 bits per heavy atom. The van der Waals surface area contributed by atoms with Crippen molar-refractivity contribution in [3.63, 3.8) is 0 Å². The molecule has 0 aromatic heterocycles. The maximum absolute atomic E-state index is 5.59. The SMILES string of the molecule is CCOc1c(Br)cc(CNC(C)CC2CC2)cc1Br. The van der Waals surface area contributed by atoms with Crippen LogP contribution >= 0.6 is 31.9 Å². The normalized spacial score (nSPS) is 16.4. The molecule has 0 heterocycles. The van der Waals surface area contributed by atoms with E-state index < -0.39 is 0 Å². The third-order valence-corrected chi connectivity index (χ3v) is 4.56. The molecule has 0 saturated heterocycles. The summed E-state index contributed by atoms with van der Waals surface area (Å²) in [4.78, 5) is 0. The lowest BCUT2D eigenvalue weighted by molar-refractivity contribution is 0.336. The third kappa shape index (κ3) is 4.76. The molecule has 1 saturated carbocycles. The molecule has 0 spiro atoms.